The van der Waals surface area contributed by atoms with Gasteiger partial charge in [-0.25, -0.2) is 13.2 Å². The Bertz CT molecular complexity index is 972. The molecule has 0 aromatic carbocycles. The standard InChI is InChI=1S/C14H16N4O6S4/c1-6-16-17-14(27-6)26-4-7-3-25-12-9(15-8(19)5-28(2,23)24)11(20)18(12)10(7)13(21)22/h9,12H,3-5H2,1-2H3,(H,15,19)(H,21,22)/t9-,12-/m1/s1. The van der Waals surface area contributed by atoms with Gasteiger partial charge in [-0.2, -0.15) is 0 Å². The largest absolute Gasteiger partial charge is 0.477 e. The SMILES string of the molecule is Cc1nnc(SCC2=C(C(=O)O)N3C(=O)[C@@H](NC(=O)CS(C)(=O)=O)[C@H]3SC2)s1. The molecule has 2 amide bonds. The molecule has 10 nitrogen and oxygen atoms in total. The van der Waals surface area contributed by atoms with Crippen LogP contribution in [0.25, 0.3) is 0 Å². The van der Waals surface area contributed by atoms with E-state index < -0.39 is 44.8 Å². The maximum atomic E-state index is 12.5. The minimum atomic E-state index is -3.52. The molecule has 2 aliphatic rings. The smallest absolute Gasteiger partial charge is 0.352 e. The Kier molecular flexibility index (Phi) is 6.03. The summed E-state index contributed by atoms with van der Waals surface area (Å²) in [6.45, 7) is 1.82. The van der Waals surface area contributed by atoms with Crippen LogP contribution in [0.3, 0.4) is 0 Å². The van der Waals surface area contributed by atoms with E-state index in [0.717, 1.165) is 16.2 Å². The first-order valence-corrected chi connectivity index (χ1v) is 12.8. The zero-order valence-corrected chi connectivity index (χ0v) is 18.0. The number of aryl methyl sites for hydroxylation is 1. The monoisotopic (exact) mass is 464 g/mol. The van der Waals surface area contributed by atoms with Crippen LogP contribution in [0.5, 0.6) is 0 Å². The van der Waals surface area contributed by atoms with E-state index in [0.29, 0.717) is 21.4 Å². The number of carbonyl (C=O) groups is 3. The Morgan fingerprint density at radius 2 is 2.11 bits per heavy atom. The highest BCUT2D eigenvalue weighted by molar-refractivity contribution is 8.01. The third kappa shape index (κ3) is 4.50. The summed E-state index contributed by atoms with van der Waals surface area (Å²) in [5, 5.41) is 20.1. The number of carbonyl (C=O) groups excluding carboxylic acids is 2. The van der Waals surface area contributed by atoms with Gasteiger partial charge in [-0.3, -0.25) is 14.5 Å². The fraction of sp³-hybridized carbons (Fsp3) is 0.500. The van der Waals surface area contributed by atoms with Crippen molar-refractivity contribution < 1.29 is 27.9 Å². The maximum Gasteiger partial charge on any atom is 0.352 e. The molecule has 14 heteroatoms. The van der Waals surface area contributed by atoms with Gasteiger partial charge in [-0.05, 0) is 12.5 Å². The highest BCUT2D eigenvalue weighted by Crippen LogP contribution is 2.41. The minimum absolute atomic E-state index is 0.0869. The molecule has 2 aliphatic heterocycles. The van der Waals surface area contributed by atoms with E-state index in [4.69, 9.17) is 0 Å². The Morgan fingerprint density at radius 1 is 1.39 bits per heavy atom. The predicted molar refractivity (Wildman–Crippen MR) is 105 cm³/mol. The van der Waals surface area contributed by atoms with E-state index in [1.165, 1.54) is 34.9 Å². The lowest BCUT2D eigenvalue weighted by molar-refractivity contribution is -0.150. The number of nitrogens with zero attached hydrogens (tertiary/aromatic N) is 3. The van der Waals surface area contributed by atoms with Gasteiger partial charge in [0.15, 0.2) is 14.2 Å². The average molecular weight is 465 g/mol. The van der Waals surface area contributed by atoms with Crippen LogP contribution < -0.4 is 5.32 Å². The summed E-state index contributed by atoms with van der Waals surface area (Å²) in [6.07, 6.45) is 0.922. The molecular formula is C14H16N4O6S4. The number of fused-ring (bicyclic) bond motifs is 1. The summed E-state index contributed by atoms with van der Waals surface area (Å²) in [5.41, 5.74) is 0.497. The zero-order chi connectivity index (χ0) is 20.6. The summed E-state index contributed by atoms with van der Waals surface area (Å²) in [7, 11) is -3.52. The van der Waals surface area contributed by atoms with Crippen LogP contribution in [0.2, 0.25) is 0 Å². The number of aliphatic carboxylic acids is 1. The van der Waals surface area contributed by atoms with E-state index in [1.807, 2.05) is 6.92 Å². The first-order valence-electron chi connectivity index (χ1n) is 7.87. The lowest BCUT2D eigenvalue weighted by Crippen LogP contribution is -2.70. The predicted octanol–water partition coefficient (Wildman–Crippen LogP) is -0.278. The van der Waals surface area contributed by atoms with E-state index in [-0.39, 0.29) is 5.70 Å². The zero-order valence-electron chi connectivity index (χ0n) is 14.7. The van der Waals surface area contributed by atoms with Gasteiger partial charge in [0.25, 0.3) is 5.91 Å². The highest BCUT2D eigenvalue weighted by atomic mass is 32.2. The second-order valence-corrected chi connectivity index (χ2v) is 11.8. The van der Waals surface area contributed by atoms with Gasteiger partial charge in [0.05, 0.1) is 0 Å². The Labute approximate surface area is 173 Å². The first kappa shape index (κ1) is 21.1. The van der Waals surface area contributed by atoms with Crippen LogP contribution >= 0.6 is 34.9 Å². The molecule has 0 bridgehead atoms. The molecule has 3 heterocycles. The van der Waals surface area contributed by atoms with E-state index in [2.05, 4.69) is 15.5 Å². The van der Waals surface area contributed by atoms with Crippen molar-refractivity contribution in [3.8, 4) is 0 Å². The topological polar surface area (TPSA) is 147 Å². The molecule has 2 atom stereocenters. The van der Waals surface area contributed by atoms with Crippen LogP contribution in [-0.4, -0.2) is 81.3 Å². The number of thioether (sulfide) groups is 2. The molecule has 0 radical (unpaired) electrons. The number of β-lactam (4-membered cyclic amide) rings is 1. The normalized spacial score (nSPS) is 21.9. The van der Waals surface area contributed by atoms with Crippen molar-refractivity contribution in [3.63, 3.8) is 0 Å². The number of rotatable bonds is 7. The number of amides is 2. The van der Waals surface area contributed by atoms with Crippen molar-refractivity contribution >= 4 is 62.5 Å². The summed E-state index contributed by atoms with van der Waals surface area (Å²) in [6, 6.07) is -0.936. The molecule has 0 saturated carbocycles. The van der Waals surface area contributed by atoms with Crippen molar-refractivity contribution in [2.75, 3.05) is 23.5 Å². The second kappa shape index (κ2) is 8.00. The average Bonchev–Trinajstić information content (AvgIpc) is 3.00. The fourth-order valence-corrected chi connectivity index (χ4v) is 6.59. The third-order valence-electron chi connectivity index (χ3n) is 3.84. The van der Waals surface area contributed by atoms with Gasteiger partial charge in [-0.1, -0.05) is 23.1 Å². The van der Waals surface area contributed by atoms with Gasteiger partial charge in [0.2, 0.25) is 5.91 Å². The molecule has 0 spiro atoms. The van der Waals surface area contributed by atoms with Gasteiger partial charge in [0.1, 0.15) is 27.9 Å². The Morgan fingerprint density at radius 3 is 2.68 bits per heavy atom. The minimum Gasteiger partial charge on any atom is -0.477 e. The number of hydrogen-bond acceptors (Lipinski definition) is 10. The number of sulfone groups is 1. The van der Waals surface area contributed by atoms with Gasteiger partial charge in [0, 0.05) is 17.8 Å². The van der Waals surface area contributed by atoms with E-state index in [9.17, 15) is 27.9 Å². The molecular weight excluding hydrogens is 448 g/mol. The van der Waals surface area contributed by atoms with Crippen molar-refractivity contribution in [2.45, 2.75) is 22.7 Å². The first-order chi connectivity index (χ1) is 13.1. The molecule has 1 aromatic rings. The van der Waals surface area contributed by atoms with Crippen LogP contribution in [0.4, 0.5) is 0 Å². The Balaban J connectivity index is 1.72. The molecule has 3 rings (SSSR count). The quantitative estimate of drug-likeness (QED) is 0.408. The summed E-state index contributed by atoms with van der Waals surface area (Å²) < 4.78 is 23.1. The number of carboxylic acid groups (broad SMARTS) is 1. The maximum absolute atomic E-state index is 12.5. The Hall–Kier alpha value is -1.64. The van der Waals surface area contributed by atoms with Crippen molar-refractivity contribution in [2.24, 2.45) is 0 Å². The van der Waals surface area contributed by atoms with Crippen LogP contribution in [0.15, 0.2) is 15.6 Å². The second-order valence-electron chi connectivity index (χ2n) is 6.16. The molecule has 0 aliphatic carbocycles. The molecule has 2 N–H and O–H groups in total. The fourth-order valence-electron chi connectivity index (χ4n) is 2.73. The molecule has 1 aromatic heterocycles. The summed E-state index contributed by atoms with van der Waals surface area (Å²) in [5.74, 6) is -2.56. The molecule has 28 heavy (non-hydrogen) atoms. The molecule has 1 saturated heterocycles. The number of hydrogen-bond donors (Lipinski definition) is 2. The molecule has 1 fully saturated rings. The third-order valence-corrected chi connectivity index (χ3v) is 8.02. The van der Waals surface area contributed by atoms with Gasteiger partial charge < -0.3 is 10.4 Å². The number of nitrogens with one attached hydrogen (secondary N) is 1. The van der Waals surface area contributed by atoms with Crippen LogP contribution in [0, 0.1) is 6.92 Å². The highest BCUT2D eigenvalue weighted by Gasteiger charge is 2.54. The summed E-state index contributed by atoms with van der Waals surface area (Å²) >= 11 is 4.08. The van der Waals surface area contributed by atoms with Crippen molar-refractivity contribution in [1.82, 2.24) is 20.4 Å². The van der Waals surface area contributed by atoms with Crippen molar-refractivity contribution in [3.05, 3.63) is 16.3 Å². The van der Waals surface area contributed by atoms with Gasteiger partial charge in [-0.15, -0.1) is 22.0 Å². The van der Waals surface area contributed by atoms with E-state index in [1.54, 1.807) is 0 Å². The number of carboxylic acids is 1. The summed E-state index contributed by atoms with van der Waals surface area (Å²) in [4.78, 5) is 37.2. The van der Waals surface area contributed by atoms with Gasteiger partial charge >= 0.3 is 5.97 Å². The van der Waals surface area contributed by atoms with Crippen LogP contribution in [-0.2, 0) is 24.2 Å². The van der Waals surface area contributed by atoms with E-state index >= 15 is 0 Å². The molecule has 152 valence electrons. The lowest BCUT2D eigenvalue weighted by atomic mass is 10.0. The van der Waals surface area contributed by atoms with Crippen LogP contribution in [0.1, 0.15) is 5.01 Å². The lowest BCUT2D eigenvalue weighted by Gasteiger charge is -2.49. The number of aromatic nitrogens is 2. The van der Waals surface area contributed by atoms with Crippen molar-refractivity contribution in [1.29, 1.82) is 0 Å². The molecule has 0 unspecified atom stereocenters.